The van der Waals surface area contributed by atoms with Gasteiger partial charge < -0.3 is 14.2 Å². The Bertz CT molecular complexity index is 869. The number of fused-ring (bicyclic) bond motifs is 1. The number of amides is 1. The molecular formula is C17H19N5O3. The van der Waals surface area contributed by atoms with E-state index in [4.69, 9.17) is 9.26 Å². The normalized spacial score (nSPS) is 21.0. The Hall–Kier alpha value is -2.74. The van der Waals surface area contributed by atoms with Gasteiger partial charge in [0.15, 0.2) is 11.9 Å². The van der Waals surface area contributed by atoms with E-state index in [0.29, 0.717) is 24.8 Å². The second-order valence-corrected chi connectivity index (χ2v) is 6.30. The largest absolute Gasteiger partial charge is 0.362 e. The Balaban J connectivity index is 1.48. The number of nitrogens with zero attached hydrogens (tertiary/aromatic N) is 5. The highest BCUT2D eigenvalue weighted by atomic mass is 16.5. The molecule has 3 heterocycles. The third-order valence-electron chi connectivity index (χ3n) is 4.19. The molecular weight excluding hydrogens is 322 g/mol. The molecule has 0 unspecified atom stereocenters. The maximum absolute atomic E-state index is 12.7. The van der Waals surface area contributed by atoms with Gasteiger partial charge in [-0.25, -0.2) is 0 Å². The molecule has 8 heteroatoms. The number of hydrogen-bond acceptors (Lipinski definition) is 6. The van der Waals surface area contributed by atoms with Crippen molar-refractivity contribution in [1.82, 2.24) is 24.8 Å². The van der Waals surface area contributed by atoms with E-state index in [1.165, 1.54) is 0 Å². The first-order valence-electron chi connectivity index (χ1n) is 8.24. The van der Waals surface area contributed by atoms with Crippen LogP contribution < -0.4 is 0 Å². The van der Waals surface area contributed by atoms with Crippen LogP contribution in [0.2, 0.25) is 0 Å². The van der Waals surface area contributed by atoms with Crippen LogP contribution in [0.4, 0.5) is 0 Å². The van der Waals surface area contributed by atoms with E-state index in [1.807, 2.05) is 37.4 Å². The van der Waals surface area contributed by atoms with Crippen LogP contribution in [0.25, 0.3) is 10.9 Å². The van der Waals surface area contributed by atoms with Crippen LogP contribution in [0.5, 0.6) is 0 Å². The first-order valence-corrected chi connectivity index (χ1v) is 8.24. The van der Waals surface area contributed by atoms with E-state index in [0.717, 1.165) is 10.9 Å². The molecule has 1 fully saturated rings. The monoisotopic (exact) mass is 341 g/mol. The molecule has 2 atom stereocenters. The Morgan fingerprint density at radius 1 is 1.32 bits per heavy atom. The van der Waals surface area contributed by atoms with Crippen molar-refractivity contribution in [3.05, 3.63) is 42.2 Å². The van der Waals surface area contributed by atoms with Crippen molar-refractivity contribution in [1.29, 1.82) is 0 Å². The second-order valence-electron chi connectivity index (χ2n) is 6.30. The molecule has 1 aromatic carbocycles. The number of morpholine rings is 1. The summed E-state index contributed by atoms with van der Waals surface area (Å²) in [4.78, 5) is 18.7. The lowest BCUT2D eigenvalue weighted by Crippen LogP contribution is -2.47. The highest BCUT2D eigenvalue weighted by Gasteiger charge is 2.32. The molecule has 0 N–H and O–H groups in total. The molecule has 25 heavy (non-hydrogen) atoms. The fourth-order valence-electron chi connectivity index (χ4n) is 3.07. The molecule has 0 spiro atoms. The summed E-state index contributed by atoms with van der Waals surface area (Å²) in [5.41, 5.74) is 0.879. The zero-order valence-electron chi connectivity index (χ0n) is 14.1. The zero-order valence-corrected chi connectivity index (χ0v) is 14.1. The van der Waals surface area contributed by atoms with Gasteiger partial charge in [-0.15, -0.1) is 0 Å². The summed E-state index contributed by atoms with van der Waals surface area (Å²) in [5.74, 6) is 0.953. The minimum absolute atomic E-state index is 0.0100. The number of benzene rings is 1. The van der Waals surface area contributed by atoms with Crippen LogP contribution in [0.3, 0.4) is 0 Å². The molecule has 1 aliphatic heterocycles. The van der Waals surface area contributed by atoms with Crippen LogP contribution in [0, 0.1) is 6.92 Å². The highest BCUT2D eigenvalue weighted by molar-refractivity contribution is 5.80. The van der Waals surface area contributed by atoms with Crippen molar-refractivity contribution in [3.8, 4) is 0 Å². The van der Waals surface area contributed by atoms with Crippen LogP contribution in [0.1, 0.15) is 24.7 Å². The number of aryl methyl sites for hydroxylation is 1. The van der Waals surface area contributed by atoms with E-state index in [1.54, 1.807) is 16.5 Å². The molecule has 130 valence electrons. The summed E-state index contributed by atoms with van der Waals surface area (Å²) in [5, 5.41) is 9.26. The highest BCUT2D eigenvalue weighted by Crippen LogP contribution is 2.24. The van der Waals surface area contributed by atoms with E-state index in [-0.39, 0.29) is 18.6 Å². The average molecular weight is 341 g/mol. The first kappa shape index (κ1) is 15.8. The van der Waals surface area contributed by atoms with Crippen molar-refractivity contribution in [3.63, 3.8) is 0 Å². The van der Waals surface area contributed by atoms with Gasteiger partial charge in [-0.1, -0.05) is 23.4 Å². The van der Waals surface area contributed by atoms with Gasteiger partial charge in [0, 0.05) is 18.1 Å². The maximum Gasteiger partial charge on any atom is 0.257 e. The van der Waals surface area contributed by atoms with E-state index >= 15 is 0 Å². The molecule has 8 nitrogen and oxygen atoms in total. The van der Waals surface area contributed by atoms with Gasteiger partial charge in [-0.2, -0.15) is 10.1 Å². The van der Waals surface area contributed by atoms with Crippen LogP contribution in [0.15, 0.2) is 35.0 Å². The van der Waals surface area contributed by atoms with Gasteiger partial charge in [-0.3, -0.25) is 9.48 Å². The Kier molecular flexibility index (Phi) is 3.96. The molecule has 0 bridgehead atoms. The summed E-state index contributed by atoms with van der Waals surface area (Å²) in [6, 6.07) is 7.80. The molecule has 3 aromatic rings. The number of aromatic nitrogens is 4. The minimum atomic E-state index is -0.398. The predicted molar refractivity (Wildman–Crippen MR) is 88.6 cm³/mol. The third-order valence-corrected chi connectivity index (χ3v) is 4.19. The Morgan fingerprint density at radius 3 is 2.92 bits per heavy atom. The van der Waals surface area contributed by atoms with Crippen molar-refractivity contribution in [2.75, 3.05) is 13.1 Å². The third kappa shape index (κ3) is 3.25. The summed E-state index contributed by atoms with van der Waals surface area (Å²) in [6.07, 6.45) is 1.38. The lowest BCUT2D eigenvalue weighted by molar-refractivity contribution is -0.147. The molecule has 4 rings (SSSR count). The number of hydrogen-bond donors (Lipinski definition) is 0. The Labute approximate surface area is 144 Å². The Morgan fingerprint density at radius 2 is 2.16 bits per heavy atom. The molecule has 1 saturated heterocycles. The van der Waals surface area contributed by atoms with Gasteiger partial charge in [-0.05, 0) is 19.9 Å². The summed E-state index contributed by atoms with van der Waals surface area (Å²) < 4.78 is 12.7. The van der Waals surface area contributed by atoms with Gasteiger partial charge >= 0.3 is 0 Å². The molecule has 0 saturated carbocycles. The van der Waals surface area contributed by atoms with E-state index in [9.17, 15) is 4.79 Å². The number of carbonyl (C=O) groups is 1. The van der Waals surface area contributed by atoms with Gasteiger partial charge in [0.1, 0.15) is 6.54 Å². The number of carbonyl (C=O) groups excluding carboxylic acids is 1. The lowest BCUT2D eigenvalue weighted by Gasteiger charge is -2.35. The fraction of sp³-hybridized carbons (Fsp3) is 0.412. The molecule has 0 aliphatic carbocycles. The quantitative estimate of drug-likeness (QED) is 0.721. The first-order chi connectivity index (χ1) is 12.1. The second kappa shape index (κ2) is 6.29. The van der Waals surface area contributed by atoms with E-state index in [2.05, 4.69) is 15.2 Å². The molecule has 0 radical (unpaired) electrons. The van der Waals surface area contributed by atoms with Gasteiger partial charge in [0.25, 0.3) is 5.89 Å². The zero-order chi connectivity index (χ0) is 17.4. The number of ether oxygens (including phenoxy) is 1. The molecule has 1 aliphatic rings. The molecule has 2 aromatic heterocycles. The van der Waals surface area contributed by atoms with Gasteiger partial charge in [0.05, 0.1) is 18.2 Å². The molecule has 1 amide bonds. The van der Waals surface area contributed by atoms with Crippen molar-refractivity contribution in [2.24, 2.45) is 0 Å². The predicted octanol–water partition coefficient (Wildman–Crippen LogP) is 1.72. The lowest BCUT2D eigenvalue weighted by atomic mass is 10.2. The summed E-state index contributed by atoms with van der Waals surface area (Å²) >= 11 is 0. The standard InChI is InChI=1S/C17H19N5O3/c1-11-7-21(9-15(24-11)17-18-12(2)20-25-17)16(23)10-22-8-13-5-3-4-6-14(13)19-22/h3-6,8,11,15H,7,9-10H2,1-2H3/t11-,15-/m1/s1. The van der Waals surface area contributed by atoms with Crippen molar-refractivity contribution < 1.29 is 14.1 Å². The van der Waals surface area contributed by atoms with Crippen LogP contribution >= 0.6 is 0 Å². The van der Waals surface area contributed by atoms with Gasteiger partial charge in [0.2, 0.25) is 5.91 Å². The SMILES string of the molecule is Cc1noc([C@H]2CN(C(=O)Cn3cc4ccccc4n3)C[C@@H](C)O2)n1. The van der Waals surface area contributed by atoms with Crippen molar-refractivity contribution >= 4 is 16.8 Å². The summed E-state index contributed by atoms with van der Waals surface area (Å²) in [6.45, 7) is 4.80. The minimum Gasteiger partial charge on any atom is -0.362 e. The smallest absolute Gasteiger partial charge is 0.257 e. The maximum atomic E-state index is 12.7. The average Bonchev–Trinajstić information content (AvgIpc) is 3.19. The van der Waals surface area contributed by atoms with Crippen LogP contribution in [-0.2, 0) is 16.1 Å². The number of rotatable bonds is 3. The van der Waals surface area contributed by atoms with E-state index < -0.39 is 6.10 Å². The van der Waals surface area contributed by atoms with Crippen molar-refractivity contribution in [2.45, 2.75) is 32.6 Å². The topological polar surface area (TPSA) is 86.3 Å². The summed E-state index contributed by atoms with van der Waals surface area (Å²) in [7, 11) is 0. The fourth-order valence-corrected chi connectivity index (χ4v) is 3.07. The van der Waals surface area contributed by atoms with Crippen LogP contribution in [-0.4, -0.2) is 49.9 Å².